The predicted molar refractivity (Wildman–Crippen MR) is 66.4 cm³/mol. The molecule has 2 heteroatoms. The van der Waals surface area contributed by atoms with Gasteiger partial charge in [-0.2, -0.15) is 0 Å². The highest BCUT2D eigenvalue weighted by Gasteiger charge is 2.47. The van der Waals surface area contributed by atoms with Crippen molar-refractivity contribution >= 4 is 5.97 Å². The van der Waals surface area contributed by atoms with Crippen molar-refractivity contribution in [1.82, 2.24) is 0 Å². The van der Waals surface area contributed by atoms with Gasteiger partial charge in [0.15, 0.2) is 0 Å². The van der Waals surface area contributed by atoms with E-state index in [0.29, 0.717) is 6.42 Å². The molecule has 1 aromatic rings. The molecule has 0 radical (unpaired) electrons. The summed E-state index contributed by atoms with van der Waals surface area (Å²) >= 11 is 0. The van der Waals surface area contributed by atoms with Gasteiger partial charge in [-0.05, 0) is 61.3 Å². The van der Waals surface area contributed by atoms with Gasteiger partial charge in [0.2, 0.25) is 0 Å². The van der Waals surface area contributed by atoms with Crippen LogP contribution >= 0.6 is 0 Å². The fraction of sp³-hybridized carbons (Fsp3) is 0.533. The van der Waals surface area contributed by atoms with Crippen molar-refractivity contribution < 1.29 is 9.90 Å². The van der Waals surface area contributed by atoms with Gasteiger partial charge in [0, 0.05) is 5.41 Å². The standard InChI is InChI=1S/C15H18O2/c1-10-5-6-13(12-4-2-3-11(10)12)15(7-8-15)9-14(16)17/h5-6H,2-4,7-9H2,1H3,(H,16,17). The molecule has 0 atom stereocenters. The molecule has 3 rings (SSSR count). The smallest absolute Gasteiger partial charge is 0.304 e. The maximum Gasteiger partial charge on any atom is 0.304 e. The van der Waals surface area contributed by atoms with Crippen LogP contribution in [0.15, 0.2) is 12.1 Å². The van der Waals surface area contributed by atoms with E-state index in [4.69, 9.17) is 5.11 Å². The van der Waals surface area contributed by atoms with E-state index in [2.05, 4.69) is 19.1 Å². The van der Waals surface area contributed by atoms with E-state index in [-0.39, 0.29) is 5.41 Å². The van der Waals surface area contributed by atoms with Crippen LogP contribution in [-0.4, -0.2) is 11.1 Å². The van der Waals surface area contributed by atoms with Crippen LogP contribution in [-0.2, 0) is 23.1 Å². The number of carboxylic acids is 1. The summed E-state index contributed by atoms with van der Waals surface area (Å²) in [6, 6.07) is 4.37. The van der Waals surface area contributed by atoms with Gasteiger partial charge in [0.05, 0.1) is 6.42 Å². The van der Waals surface area contributed by atoms with Gasteiger partial charge in [-0.1, -0.05) is 12.1 Å². The summed E-state index contributed by atoms with van der Waals surface area (Å²) in [6.07, 6.45) is 5.97. The molecule has 0 aromatic heterocycles. The number of benzene rings is 1. The van der Waals surface area contributed by atoms with Crippen LogP contribution in [0.25, 0.3) is 0 Å². The van der Waals surface area contributed by atoms with Gasteiger partial charge >= 0.3 is 5.97 Å². The summed E-state index contributed by atoms with van der Waals surface area (Å²) in [4.78, 5) is 11.0. The summed E-state index contributed by atoms with van der Waals surface area (Å²) < 4.78 is 0. The highest BCUT2D eigenvalue weighted by atomic mass is 16.4. The molecule has 0 saturated heterocycles. The molecule has 1 saturated carbocycles. The van der Waals surface area contributed by atoms with Gasteiger partial charge < -0.3 is 5.11 Å². The Morgan fingerprint density at radius 3 is 2.65 bits per heavy atom. The number of carboxylic acid groups (broad SMARTS) is 1. The van der Waals surface area contributed by atoms with Gasteiger partial charge in [-0.3, -0.25) is 4.79 Å². The molecule has 0 unspecified atom stereocenters. The molecule has 0 bridgehead atoms. The molecule has 2 nitrogen and oxygen atoms in total. The minimum Gasteiger partial charge on any atom is -0.481 e. The number of hydrogen-bond acceptors (Lipinski definition) is 1. The molecule has 1 aromatic carbocycles. The molecule has 0 spiro atoms. The monoisotopic (exact) mass is 230 g/mol. The van der Waals surface area contributed by atoms with E-state index in [1.165, 1.54) is 35.1 Å². The fourth-order valence-electron chi connectivity index (χ4n) is 3.36. The van der Waals surface area contributed by atoms with Crippen LogP contribution < -0.4 is 0 Å². The number of aryl methyl sites for hydroxylation is 1. The molecule has 90 valence electrons. The van der Waals surface area contributed by atoms with E-state index in [1.54, 1.807) is 0 Å². The predicted octanol–water partition coefficient (Wildman–Crippen LogP) is 2.99. The largest absolute Gasteiger partial charge is 0.481 e. The second kappa shape index (κ2) is 3.59. The van der Waals surface area contributed by atoms with Gasteiger partial charge in [0.1, 0.15) is 0 Å². The molecule has 1 N–H and O–H groups in total. The molecule has 1 fully saturated rings. The molecular weight excluding hydrogens is 212 g/mol. The Morgan fingerprint density at radius 1 is 1.29 bits per heavy atom. The van der Waals surface area contributed by atoms with E-state index in [1.807, 2.05) is 0 Å². The minimum absolute atomic E-state index is 0.0199. The summed E-state index contributed by atoms with van der Waals surface area (Å²) in [5.41, 5.74) is 5.68. The van der Waals surface area contributed by atoms with Crippen molar-refractivity contribution in [2.45, 2.75) is 50.9 Å². The van der Waals surface area contributed by atoms with E-state index in [9.17, 15) is 4.79 Å². The van der Waals surface area contributed by atoms with Crippen LogP contribution in [0.1, 0.15) is 47.9 Å². The highest BCUT2D eigenvalue weighted by Crippen LogP contribution is 2.53. The Kier molecular flexibility index (Phi) is 2.29. The Morgan fingerprint density at radius 2 is 2.00 bits per heavy atom. The Labute approximate surface area is 102 Å². The topological polar surface area (TPSA) is 37.3 Å². The van der Waals surface area contributed by atoms with E-state index >= 15 is 0 Å². The summed E-state index contributed by atoms with van der Waals surface area (Å²) in [7, 11) is 0. The lowest BCUT2D eigenvalue weighted by Crippen LogP contribution is -2.15. The normalized spacial score (nSPS) is 20.1. The Hall–Kier alpha value is -1.31. The van der Waals surface area contributed by atoms with Crippen molar-refractivity contribution in [1.29, 1.82) is 0 Å². The first-order valence-electron chi connectivity index (χ1n) is 6.46. The number of fused-ring (bicyclic) bond motifs is 1. The lowest BCUT2D eigenvalue weighted by atomic mass is 9.86. The Balaban J connectivity index is 2.05. The van der Waals surface area contributed by atoms with Crippen LogP contribution in [0.2, 0.25) is 0 Å². The highest BCUT2D eigenvalue weighted by molar-refractivity contribution is 5.70. The maximum atomic E-state index is 11.0. The molecule has 2 aliphatic carbocycles. The zero-order valence-corrected chi connectivity index (χ0v) is 10.3. The van der Waals surface area contributed by atoms with Crippen LogP contribution in [0, 0.1) is 6.92 Å². The molecule has 0 heterocycles. The third kappa shape index (κ3) is 1.67. The molecular formula is C15H18O2. The quantitative estimate of drug-likeness (QED) is 0.866. The number of rotatable bonds is 3. The van der Waals surface area contributed by atoms with Gasteiger partial charge in [0.25, 0.3) is 0 Å². The molecule has 17 heavy (non-hydrogen) atoms. The van der Waals surface area contributed by atoms with Crippen molar-refractivity contribution in [2.24, 2.45) is 0 Å². The summed E-state index contributed by atoms with van der Waals surface area (Å²) in [6.45, 7) is 2.17. The summed E-state index contributed by atoms with van der Waals surface area (Å²) in [5, 5.41) is 9.05. The zero-order valence-electron chi connectivity index (χ0n) is 10.3. The van der Waals surface area contributed by atoms with Crippen molar-refractivity contribution in [3.63, 3.8) is 0 Å². The SMILES string of the molecule is Cc1ccc(C2(CC(=O)O)CC2)c2c1CCC2. The van der Waals surface area contributed by atoms with Crippen molar-refractivity contribution in [3.05, 3.63) is 34.4 Å². The molecule has 0 aliphatic heterocycles. The van der Waals surface area contributed by atoms with Crippen molar-refractivity contribution in [2.75, 3.05) is 0 Å². The first-order valence-corrected chi connectivity index (χ1v) is 6.46. The average Bonchev–Trinajstić information content (AvgIpc) is 2.86. The van der Waals surface area contributed by atoms with Gasteiger partial charge in [-0.25, -0.2) is 0 Å². The third-order valence-corrected chi connectivity index (χ3v) is 4.43. The zero-order chi connectivity index (χ0) is 12.0. The van der Waals surface area contributed by atoms with E-state index in [0.717, 1.165) is 19.3 Å². The number of hydrogen-bond donors (Lipinski definition) is 1. The van der Waals surface area contributed by atoms with Crippen LogP contribution in [0.5, 0.6) is 0 Å². The summed E-state index contributed by atoms with van der Waals surface area (Å²) in [5.74, 6) is -0.658. The molecule has 2 aliphatic rings. The first kappa shape index (κ1) is 10.8. The van der Waals surface area contributed by atoms with E-state index < -0.39 is 5.97 Å². The van der Waals surface area contributed by atoms with Crippen LogP contribution in [0.3, 0.4) is 0 Å². The Bertz CT molecular complexity index is 484. The molecule has 0 amide bonds. The third-order valence-electron chi connectivity index (χ3n) is 4.43. The second-order valence-electron chi connectivity index (χ2n) is 5.59. The maximum absolute atomic E-state index is 11.0. The second-order valence-corrected chi connectivity index (χ2v) is 5.59. The lowest BCUT2D eigenvalue weighted by molar-refractivity contribution is -0.137. The average molecular weight is 230 g/mol. The lowest BCUT2D eigenvalue weighted by Gasteiger charge is -2.18. The minimum atomic E-state index is -0.658. The fourth-order valence-corrected chi connectivity index (χ4v) is 3.36. The number of carbonyl (C=O) groups is 1. The number of aliphatic carboxylic acids is 1. The first-order chi connectivity index (χ1) is 8.12. The van der Waals surface area contributed by atoms with Crippen molar-refractivity contribution in [3.8, 4) is 0 Å². The van der Waals surface area contributed by atoms with Gasteiger partial charge in [-0.15, -0.1) is 0 Å². The van der Waals surface area contributed by atoms with Crippen LogP contribution in [0.4, 0.5) is 0 Å².